The summed E-state index contributed by atoms with van der Waals surface area (Å²) in [7, 11) is 4.46. The molecular formula is C17H23NO6. The fourth-order valence-corrected chi connectivity index (χ4v) is 2.98. The second-order valence-electron chi connectivity index (χ2n) is 5.66. The predicted octanol–water partition coefficient (Wildman–Crippen LogP) is 1.83. The SMILES string of the molecule is COc1cc(C(=O)CN2CCCC[C@H]2C(=O)O)cc(OC)c1OC. The molecule has 0 aromatic heterocycles. The van der Waals surface area contributed by atoms with Crippen LogP contribution in [0.3, 0.4) is 0 Å². The Morgan fingerprint density at radius 1 is 1.12 bits per heavy atom. The van der Waals surface area contributed by atoms with Gasteiger partial charge in [0, 0.05) is 5.56 Å². The summed E-state index contributed by atoms with van der Waals surface area (Å²) < 4.78 is 15.7. The zero-order chi connectivity index (χ0) is 17.7. The zero-order valence-electron chi connectivity index (χ0n) is 14.2. The largest absolute Gasteiger partial charge is 0.493 e. The molecule has 0 radical (unpaired) electrons. The number of carbonyl (C=O) groups is 2. The van der Waals surface area contributed by atoms with Gasteiger partial charge in [-0.05, 0) is 31.5 Å². The first-order valence-electron chi connectivity index (χ1n) is 7.81. The number of carboxylic acid groups (broad SMARTS) is 1. The Balaban J connectivity index is 2.24. The Bertz CT molecular complexity index is 590. The van der Waals surface area contributed by atoms with Crippen LogP contribution in [0.5, 0.6) is 17.2 Å². The maximum absolute atomic E-state index is 12.6. The van der Waals surface area contributed by atoms with Gasteiger partial charge in [-0.3, -0.25) is 14.5 Å². The van der Waals surface area contributed by atoms with Gasteiger partial charge >= 0.3 is 5.97 Å². The van der Waals surface area contributed by atoms with Crippen LogP contribution in [-0.4, -0.2) is 62.2 Å². The van der Waals surface area contributed by atoms with E-state index in [0.717, 1.165) is 12.8 Å². The molecule has 24 heavy (non-hydrogen) atoms. The monoisotopic (exact) mass is 337 g/mol. The maximum Gasteiger partial charge on any atom is 0.320 e. The molecule has 1 aliphatic heterocycles. The van der Waals surface area contributed by atoms with Crippen LogP contribution in [-0.2, 0) is 4.79 Å². The molecule has 132 valence electrons. The van der Waals surface area contributed by atoms with E-state index in [2.05, 4.69) is 0 Å². The molecule has 1 aromatic rings. The van der Waals surface area contributed by atoms with Crippen LogP contribution < -0.4 is 14.2 Å². The molecule has 2 rings (SSSR count). The van der Waals surface area contributed by atoms with Crippen molar-refractivity contribution in [3.8, 4) is 17.2 Å². The van der Waals surface area contributed by atoms with Crippen LogP contribution in [0.4, 0.5) is 0 Å². The topological polar surface area (TPSA) is 85.3 Å². The number of benzene rings is 1. The van der Waals surface area contributed by atoms with Crippen molar-refractivity contribution < 1.29 is 28.9 Å². The van der Waals surface area contributed by atoms with E-state index in [4.69, 9.17) is 14.2 Å². The maximum atomic E-state index is 12.6. The molecule has 7 nitrogen and oxygen atoms in total. The second-order valence-corrected chi connectivity index (χ2v) is 5.66. The number of ketones is 1. The van der Waals surface area contributed by atoms with Crippen LogP contribution in [0.25, 0.3) is 0 Å². The number of rotatable bonds is 7. The molecule has 1 N–H and O–H groups in total. The van der Waals surface area contributed by atoms with Crippen molar-refractivity contribution in [1.82, 2.24) is 4.90 Å². The summed E-state index contributed by atoms with van der Waals surface area (Å²) in [6, 6.07) is 2.57. The summed E-state index contributed by atoms with van der Waals surface area (Å²) in [5, 5.41) is 9.32. The summed E-state index contributed by atoms with van der Waals surface area (Å²) >= 11 is 0. The Kier molecular flexibility index (Phi) is 6.03. The summed E-state index contributed by atoms with van der Waals surface area (Å²) in [5.74, 6) is 0.148. The molecule has 1 saturated heterocycles. The number of ether oxygens (including phenoxy) is 3. The molecule has 0 unspecified atom stereocenters. The van der Waals surface area contributed by atoms with Crippen molar-refractivity contribution in [2.45, 2.75) is 25.3 Å². The Morgan fingerprint density at radius 3 is 2.25 bits per heavy atom. The van der Waals surface area contributed by atoms with Gasteiger partial charge in [0.25, 0.3) is 0 Å². The minimum atomic E-state index is -0.882. The number of likely N-dealkylation sites (tertiary alicyclic amines) is 1. The first kappa shape index (κ1) is 18.1. The van der Waals surface area contributed by atoms with Crippen molar-refractivity contribution in [3.63, 3.8) is 0 Å². The quantitative estimate of drug-likeness (QED) is 0.760. The van der Waals surface area contributed by atoms with Gasteiger partial charge in [0.05, 0.1) is 27.9 Å². The van der Waals surface area contributed by atoms with Gasteiger partial charge in [-0.2, -0.15) is 0 Å². The van der Waals surface area contributed by atoms with Crippen molar-refractivity contribution in [2.24, 2.45) is 0 Å². The van der Waals surface area contributed by atoms with E-state index < -0.39 is 12.0 Å². The van der Waals surface area contributed by atoms with Gasteiger partial charge in [0.1, 0.15) is 6.04 Å². The normalized spacial score (nSPS) is 18.0. The average molecular weight is 337 g/mol. The number of aliphatic carboxylic acids is 1. The molecule has 0 bridgehead atoms. The highest BCUT2D eigenvalue weighted by Gasteiger charge is 2.30. The Hall–Kier alpha value is -2.28. The van der Waals surface area contributed by atoms with E-state index in [-0.39, 0.29) is 12.3 Å². The molecule has 0 saturated carbocycles. The predicted molar refractivity (Wildman–Crippen MR) is 87.3 cm³/mol. The van der Waals surface area contributed by atoms with Crippen molar-refractivity contribution in [3.05, 3.63) is 17.7 Å². The van der Waals surface area contributed by atoms with Gasteiger partial charge in [-0.25, -0.2) is 0 Å². The molecule has 0 aliphatic carbocycles. The Morgan fingerprint density at radius 2 is 1.75 bits per heavy atom. The number of hydrogen-bond acceptors (Lipinski definition) is 6. The third kappa shape index (κ3) is 3.79. The van der Waals surface area contributed by atoms with Gasteiger partial charge in [-0.15, -0.1) is 0 Å². The van der Waals surface area contributed by atoms with Crippen LogP contribution in [0, 0.1) is 0 Å². The van der Waals surface area contributed by atoms with E-state index in [0.29, 0.717) is 35.8 Å². The standard InChI is InChI=1S/C17H23NO6/c1-22-14-8-11(9-15(23-2)16(14)24-3)13(19)10-18-7-5-4-6-12(18)17(20)21/h8-9,12H,4-7,10H2,1-3H3,(H,20,21)/t12-/m0/s1. The highest BCUT2D eigenvalue weighted by molar-refractivity contribution is 5.99. The van der Waals surface area contributed by atoms with Crippen molar-refractivity contribution in [1.29, 1.82) is 0 Å². The number of nitrogens with zero attached hydrogens (tertiary/aromatic N) is 1. The highest BCUT2D eigenvalue weighted by Crippen LogP contribution is 2.38. The van der Waals surface area contributed by atoms with E-state index >= 15 is 0 Å². The van der Waals surface area contributed by atoms with E-state index in [1.54, 1.807) is 17.0 Å². The van der Waals surface area contributed by atoms with Gasteiger partial charge in [0.2, 0.25) is 5.75 Å². The lowest BCUT2D eigenvalue weighted by molar-refractivity contribution is -0.144. The average Bonchev–Trinajstić information content (AvgIpc) is 2.60. The summed E-state index contributed by atoms with van der Waals surface area (Å²) in [6.45, 7) is 0.655. The second kappa shape index (κ2) is 8.01. The van der Waals surface area contributed by atoms with Crippen LogP contribution >= 0.6 is 0 Å². The first-order chi connectivity index (χ1) is 11.5. The zero-order valence-corrected chi connectivity index (χ0v) is 14.2. The number of methoxy groups -OCH3 is 3. The fourth-order valence-electron chi connectivity index (χ4n) is 2.98. The van der Waals surface area contributed by atoms with Crippen LogP contribution in [0.2, 0.25) is 0 Å². The van der Waals surface area contributed by atoms with Crippen LogP contribution in [0.15, 0.2) is 12.1 Å². The molecule has 7 heteroatoms. The number of piperidine rings is 1. The summed E-state index contributed by atoms with van der Waals surface area (Å²) in [5.41, 5.74) is 0.402. The smallest absolute Gasteiger partial charge is 0.320 e. The lowest BCUT2D eigenvalue weighted by atomic mass is 10.0. The fraction of sp³-hybridized carbons (Fsp3) is 0.529. The van der Waals surface area contributed by atoms with Gasteiger partial charge in [0.15, 0.2) is 17.3 Å². The lowest BCUT2D eigenvalue weighted by Gasteiger charge is -2.32. The molecule has 1 aromatic carbocycles. The molecule has 0 spiro atoms. The molecular weight excluding hydrogens is 314 g/mol. The minimum absolute atomic E-state index is 0.0512. The molecule has 1 fully saturated rings. The van der Waals surface area contributed by atoms with Gasteiger partial charge in [-0.1, -0.05) is 6.42 Å². The van der Waals surface area contributed by atoms with Crippen molar-refractivity contribution in [2.75, 3.05) is 34.4 Å². The number of carbonyl (C=O) groups excluding carboxylic acids is 1. The number of hydrogen-bond donors (Lipinski definition) is 1. The van der Waals surface area contributed by atoms with E-state index in [1.165, 1.54) is 21.3 Å². The molecule has 1 heterocycles. The van der Waals surface area contributed by atoms with E-state index in [9.17, 15) is 14.7 Å². The molecule has 1 atom stereocenters. The number of Topliss-reactive ketones (excluding diaryl/α,β-unsaturated/α-hetero) is 1. The Labute approximate surface area is 141 Å². The van der Waals surface area contributed by atoms with Gasteiger partial charge < -0.3 is 19.3 Å². The van der Waals surface area contributed by atoms with Crippen molar-refractivity contribution >= 4 is 11.8 Å². The third-order valence-electron chi connectivity index (χ3n) is 4.23. The highest BCUT2D eigenvalue weighted by atomic mass is 16.5. The number of carboxylic acids is 1. The first-order valence-corrected chi connectivity index (χ1v) is 7.81. The third-order valence-corrected chi connectivity index (χ3v) is 4.23. The summed E-state index contributed by atoms with van der Waals surface area (Å²) in [4.78, 5) is 25.7. The summed E-state index contributed by atoms with van der Waals surface area (Å²) in [6.07, 6.45) is 2.33. The minimum Gasteiger partial charge on any atom is -0.493 e. The molecule has 0 amide bonds. The molecule has 1 aliphatic rings. The van der Waals surface area contributed by atoms with Crippen LogP contribution in [0.1, 0.15) is 29.6 Å². The van der Waals surface area contributed by atoms with E-state index in [1.807, 2.05) is 0 Å². The lowest BCUT2D eigenvalue weighted by Crippen LogP contribution is -2.46.